The summed E-state index contributed by atoms with van der Waals surface area (Å²) in [5.74, 6) is 1.27. The first kappa shape index (κ1) is 19.1. The van der Waals surface area contributed by atoms with E-state index in [1.54, 1.807) is 38.3 Å². The number of anilines is 3. The molecule has 0 bridgehead atoms. The number of aromatic nitrogens is 3. The van der Waals surface area contributed by atoms with Crippen molar-refractivity contribution in [2.75, 3.05) is 44.7 Å². The highest BCUT2D eigenvalue weighted by atomic mass is 16.5. The minimum atomic E-state index is -0.400. The fourth-order valence-corrected chi connectivity index (χ4v) is 2.01. The lowest BCUT2D eigenvalue weighted by molar-refractivity contribution is -0.111. The predicted molar refractivity (Wildman–Crippen MR) is 97.1 cm³/mol. The van der Waals surface area contributed by atoms with Crippen LogP contribution in [-0.4, -0.2) is 55.3 Å². The van der Waals surface area contributed by atoms with Crippen molar-refractivity contribution in [1.29, 1.82) is 0 Å². The Hall–Kier alpha value is -3.20. The van der Waals surface area contributed by atoms with Gasteiger partial charge in [-0.2, -0.15) is 4.98 Å². The van der Waals surface area contributed by atoms with Gasteiger partial charge in [-0.25, -0.2) is 9.97 Å². The largest absolute Gasteiger partial charge is 0.493 e. The van der Waals surface area contributed by atoms with Gasteiger partial charge in [-0.1, -0.05) is 6.58 Å². The summed E-state index contributed by atoms with van der Waals surface area (Å²) in [6, 6.07) is 5.43. The molecular formula is C17H21N5O4. The van der Waals surface area contributed by atoms with Crippen LogP contribution in [0.15, 0.2) is 37.2 Å². The lowest BCUT2D eigenvalue weighted by atomic mass is 10.2. The van der Waals surface area contributed by atoms with Gasteiger partial charge in [0.1, 0.15) is 12.9 Å². The number of amides is 1. The van der Waals surface area contributed by atoms with Gasteiger partial charge in [0.05, 0.1) is 13.7 Å². The number of nitrogens with one attached hydrogen (secondary N) is 1. The fourth-order valence-electron chi connectivity index (χ4n) is 2.01. The molecule has 0 unspecified atom stereocenters. The number of rotatable bonds is 9. The molecule has 0 aliphatic carbocycles. The average Bonchev–Trinajstić information content (AvgIpc) is 2.67. The third-order valence-corrected chi connectivity index (χ3v) is 3.36. The molecule has 0 atom stereocenters. The molecule has 9 heteroatoms. The molecule has 0 saturated carbocycles. The van der Waals surface area contributed by atoms with Crippen molar-refractivity contribution in [2.45, 2.75) is 0 Å². The van der Waals surface area contributed by atoms with Crippen LogP contribution in [0.1, 0.15) is 0 Å². The fraction of sp³-hybridized carbons (Fsp3) is 0.294. The van der Waals surface area contributed by atoms with Crippen LogP contribution >= 0.6 is 0 Å². The summed E-state index contributed by atoms with van der Waals surface area (Å²) >= 11 is 0. The first-order chi connectivity index (χ1) is 12.6. The van der Waals surface area contributed by atoms with Crippen molar-refractivity contribution in [3.63, 3.8) is 0 Å². The monoisotopic (exact) mass is 359 g/mol. The number of benzene rings is 1. The van der Waals surface area contributed by atoms with Crippen LogP contribution in [0, 0.1) is 0 Å². The number of hydrogen-bond donors (Lipinski definition) is 1. The molecule has 138 valence electrons. The molecule has 0 spiro atoms. The summed E-state index contributed by atoms with van der Waals surface area (Å²) in [5, 5.41) is 2.50. The average molecular weight is 359 g/mol. The second kappa shape index (κ2) is 9.33. The second-order valence-corrected chi connectivity index (χ2v) is 5.04. The Balaban J connectivity index is 2.24. The lowest BCUT2D eigenvalue weighted by Gasteiger charge is -2.19. The Morgan fingerprint density at radius 2 is 2.08 bits per heavy atom. The van der Waals surface area contributed by atoms with E-state index in [2.05, 4.69) is 26.8 Å². The Labute approximate surface area is 151 Å². The summed E-state index contributed by atoms with van der Waals surface area (Å²) < 4.78 is 16.0. The van der Waals surface area contributed by atoms with Gasteiger partial charge < -0.3 is 19.1 Å². The zero-order chi connectivity index (χ0) is 18.9. The number of ether oxygens (including phenoxy) is 3. The van der Waals surface area contributed by atoms with Crippen molar-refractivity contribution >= 4 is 23.5 Å². The Kier molecular flexibility index (Phi) is 6.86. The van der Waals surface area contributed by atoms with Crippen LogP contribution in [0.25, 0.3) is 0 Å². The van der Waals surface area contributed by atoms with E-state index in [1.807, 2.05) is 6.07 Å². The van der Waals surface area contributed by atoms with E-state index >= 15 is 0 Å². The van der Waals surface area contributed by atoms with Crippen molar-refractivity contribution in [3.05, 3.63) is 37.2 Å². The second-order valence-electron chi connectivity index (χ2n) is 5.04. The van der Waals surface area contributed by atoms with Crippen molar-refractivity contribution in [3.8, 4) is 11.5 Å². The van der Waals surface area contributed by atoms with Crippen molar-refractivity contribution in [1.82, 2.24) is 15.0 Å². The van der Waals surface area contributed by atoms with Gasteiger partial charge in [0.2, 0.25) is 17.8 Å². The highest BCUT2D eigenvalue weighted by Crippen LogP contribution is 2.33. The molecule has 0 aliphatic heterocycles. The van der Waals surface area contributed by atoms with E-state index in [4.69, 9.17) is 14.2 Å². The van der Waals surface area contributed by atoms with Crippen LogP contribution in [0.3, 0.4) is 0 Å². The Bertz CT molecular complexity index is 769. The first-order valence-electron chi connectivity index (χ1n) is 7.75. The van der Waals surface area contributed by atoms with Crippen LogP contribution in [0.5, 0.6) is 11.5 Å². The molecule has 1 amide bonds. The maximum atomic E-state index is 11.4. The van der Waals surface area contributed by atoms with Gasteiger partial charge in [-0.15, -0.1) is 0 Å². The van der Waals surface area contributed by atoms with E-state index in [0.29, 0.717) is 30.7 Å². The first-order valence-corrected chi connectivity index (χ1v) is 7.75. The van der Waals surface area contributed by atoms with Crippen LogP contribution < -0.4 is 19.7 Å². The number of methoxy groups -OCH3 is 2. The smallest absolute Gasteiger partial charge is 0.250 e. The van der Waals surface area contributed by atoms with Crippen molar-refractivity contribution in [2.24, 2.45) is 0 Å². The standard InChI is InChI=1S/C17H21N5O4/c1-5-15(23)20-16-18-11-19-17(21-16)22(2)12-6-7-13(25-4)14(10-12)26-9-8-24-3/h5-7,10-11H,1,8-9H2,2-4H3,(H,18,19,20,21,23). The molecule has 1 heterocycles. The summed E-state index contributed by atoms with van der Waals surface area (Å²) in [7, 11) is 4.96. The molecule has 2 aromatic rings. The van der Waals surface area contributed by atoms with Gasteiger partial charge in [0.25, 0.3) is 0 Å². The van der Waals surface area contributed by atoms with Crippen LogP contribution in [0.4, 0.5) is 17.6 Å². The number of carbonyl (C=O) groups is 1. The number of hydrogen-bond acceptors (Lipinski definition) is 8. The minimum absolute atomic E-state index is 0.136. The highest BCUT2D eigenvalue weighted by Gasteiger charge is 2.13. The predicted octanol–water partition coefficient (Wildman–Crippen LogP) is 1.80. The molecular weight excluding hydrogens is 338 g/mol. The SMILES string of the molecule is C=CC(=O)Nc1ncnc(N(C)c2ccc(OC)c(OCCOC)c2)n1. The Morgan fingerprint density at radius 3 is 2.77 bits per heavy atom. The number of carbonyl (C=O) groups excluding carboxylic acids is 1. The minimum Gasteiger partial charge on any atom is -0.493 e. The van der Waals surface area contributed by atoms with Gasteiger partial charge in [0.15, 0.2) is 11.5 Å². The quantitative estimate of drug-likeness (QED) is 0.534. The third-order valence-electron chi connectivity index (χ3n) is 3.36. The van der Waals surface area contributed by atoms with E-state index in [-0.39, 0.29) is 5.95 Å². The van der Waals surface area contributed by atoms with Crippen LogP contribution in [0.2, 0.25) is 0 Å². The summed E-state index contributed by atoms with van der Waals surface area (Å²) in [6.45, 7) is 4.24. The number of nitrogens with zero attached hydrogens (tertiary/aromatic N) is 4. The molecule has 26 heavy (non-hydrogen) atoms. The molecule has 1 N–H and O–H groups in total. The van der Waals surface area contributed by atoms with Gasteiger partial charge in [0, 0.05) is 25.9 Å². The van der Waals surface area contributed by atoms with E-state index in [1.165, 1.54) is 6.33 Å². The van der Waals surface area contributed by atoms with E-state index < -0.39 is 5.91 Å². The molecule has 1 aromatic heterocycles. The summed E-state index contributed by atoms with van der Waals surface area (Å²) in [6.07, 6.45) is 2.46. The van der Waals surface area contributed by atoms with Gasteiger partial charge >= 0.3 is 0 Å². The lowest BCUT2D eigenvalue weighted by Crippen LogP contribution is -2.17. The topological polar surface area (TPSA) is 98.7 Å². The van der Waals surface area contributed by atoms with Gasteiger partial charge in [-0.3, -0.25) is 10.1 Å². The third kappa shape index (κ3) is 4.90. The highest BCUT2D eigenvalue weighted by molar-refractivity contribution is 5.97. The molecule has 0 fully saturated rings. The molecule has 0 saturated heterocycles. The Morgan fingerprint density at radius 1 is 1.27 bits per heavy atom. The van der Waals surface area contributed by atoms with Gasteiger partial charge in [-0.05, 0) is 18.2 Å². The molecule has 1 aromatic carbocycles. The van der Waals surface area contributed by atoms with Crippen molar-refractivity contribution < 1.29 is 19.0 Å². The molecule has 0 aliphatic rings. The normalized spacial score (nSPS) is 10.1. The zero-order valence-corrected chi connectivity index (χ0v) is 14.9. The maximum absolute atomic E-state index is 11.4. The summed E-state index contributed by atoms with van der Waals surface area (Å²) in [5.41, 5.74) is 0.769. The molecule has 2 rings (SSSR count). The summed E-state index contributed by atoms with van der Waals surface area (Å²) in [4.78, 5) is 25.4. The zero-order valence-electron chi connectivity index (χ0n) is 14.9. The molecule has 0 radical (unpaired) electrons. The van der Waals surface area contributed by atoms with E-state index in [9.17, 15) is 4.79 Å². The molecule has 9 nitrogen and oxygen atoms in total. The maximum Gasteiger partial charge on any atom is 0.250 e. The van der Waals surface area contributed by atoms with E-state index in [0.717, 1.165) is 11.8 Å². The van der Waals surface area contributed by atoms with Crippen LogP contribution in [-0.2, 0) is 9.53 Å².